The molecular weight excluding hydrogens is 431 g/mol. The van der Waals surface area contributed by atoms with Crippen molar-refractivity contribution in [1.29, 1.82) is 0 Å². The van der Waals surface area contributed by atoms with Crippen molar-refractivity contribution in [3.05, 3.63) is 88.1 Å². The molecule has 0 saturated heterocycles. The maximum atomic E-state index is 5.83. The summed E-state index contributed by atoms with van der Waals surface area (Å²) in [6.45, 7) is 0. The first-order chi connectivity index (χ1) is 14.1. The number of nitrogens with zero attached hydrogens (tertiary/aromatic N) is 4. The quantitative estimate of drug-likeness (QED) is 0.372. The predicted molar refractivity (Wildman–Crippen MR) is 117 cm³/mol. The van der Waals surface area contributed by atoms with E-state index < -0.39 is 0 Å². The highest BCUT2D eigenvalue weighted by molar-refractivity contribution is 6.41. The average molecular weight is 446 g/mol. The first kappa shape index (κ1) is 21.0. The van der Waals surface area contributed by atoms with Crippen molar-refractivity contribution in [3.63, 3.8) is 0 Å². The van der Waals surface area contributed by atoms with Crippen LogP contribution in [-0.2, 0) is 0 Å². The van der Waals surface area contributed by atoms with Crippen LogP contribution in [0.25, 0.3) is 22.5 Å². The summed E-state index contributed by atoms with van der Waals surface area (Å²) in [5.41, 5.74) is 3.43. The van der Waals surface area contributed by atoms with Gasteiger partial charge in [0.15, 0.2) is 16.1 Å². The zero-order valence-corrected chi connectivity index (χ0v) is 17.5. The molecule has 8 heteroatoms. The number of ether oxygens (including phenoxy) is 1. The molecule has 0 aliphatic heterocycles. The molecule has 0 aliphatic rings. The van der Waals surface area contributed by atoms with Crippen LogP contribution in [0.4, 0.5) is 0 Å². The highest BCUT2D eigenvalue weighted by Gasteiger charge is 2.06. The molecule has 0 fully saturated rings. The van der Waals surface area contributed by atoms with Crippen LogP contribution < -0.4 is 4.74 Å². The van der Waals surface area contributed by atoms with Crippen LogP contribution in [0.5, 0.6) is 5.75 Å². The van der Waals surface area contributed by atoms with E-state index in [1.54, 1.807) is 19.2 Å². The fraction of sp³-hybridized carbons (Fsp3) is 0.0476. The highest BCUT2D eigenvalue weighted by Crippen LogP contribution is 2.26. The average Bonchev–Trinajstić information content (AvgIpc) is 2.78. The molecule has 2 aromatic heterocycles. The molecule has 29 heavy (non-hydrogen) atoms. The molecule has 4 rings (SSSR count). The number of aromatic nitrogens is 4. The van der Waals surface area contributed by atoms with E-state index in [4.69, 9.17) is 39.5 Å². The Labute approximate surface area is 183 Å². The molecule has 2 aromatic carbocycles. The van der Waals surface area contributed by atoms with Gasteiger partial charge in [0.25, 0.3) is 0 Å². The van der Waals surface area contributed by atoms with Crippen molar-refractivity contribution >= 4 is 34.8 Å². The van der Waals surface area contributed by atoms with E-state index in [1.165, 1.54) is 0 Å². The van der Waals surface area contributed by atoms with E-state index >= 15 is 0 Å². The van der Waals surface area contributed by atoms with Gasteiger partial charge in [0.1, 0.15) is 0 Å². The summed E-state index contributed by atoms with van der Waals surface area (Å²) in [4.78, 5) is 0. The fourth-order valence-electron chi connectivity index (χ4n) is 2.36. The molecule has 0 unspecified atom stereocenters. The molecule has 4 aromatic rings. The van der Waals surface area contributed by atoms with Gasteiger partial charge in [-0.25, -0.2) is 0 Å². The number of methoxy groups -OCH3 is 1. The zero-order valence-electron chi connectivity index (χ0n) is 15.3. The van der Waals surface area contributed by atoms with Crippen LogP contribution in [0.2, 0.25) is 15.3 Å². The van der Waals surface area contributed by atoms with Gasteiger partial charge in [-0.05, 0) is 6.07 Å². The van der Waals surface area contributed by atoms with E-state index in [1.807, 2.05) is 60.7 Å². The minimum Gasteiger partial charge on any atom is -0.493 e. The third kappa shape index (κ3) is 5.64. The van der Waals surface area contributed by atoms with E-state index in [9.17, 15) is 0 Å². The van der Waals surface area contributed by atoms with Gasteiger partial charge in [0.2, 0.25) is 0 Å². The summed E-state index contributed by atoms with van der Waals surface area (Å²) in [7, 11) is 1.55. The Morgan fingerprint density at radius 2 is 1.10 bits per heavy atom. The molecule has 0 spiro atoms. The Bertz CT molecular complexity index is 1080. The van der Waals surface area contributed by atoms with E-state index in [0.717, 1.165) is 22.5 Å². The molecule has 0 bridgehead atoms. The fourth-order valence-corrected chi connectivity index (χ4v) is 2.76. The summed E-state index contributed by atoms with van der Waals surface area (Å²) < 4.78 is 5.07. The molecular formula is C21H15Cl3N4O. The topological polar surface area (TPSA) is 60.8 Å². The summed E-state index contributed by atoms with van der Waals surface area (Å²) in [5, 5.41) is 16.4. The van der Waals surface area contributed by atoms with Gasteiger partial charge < -0.3 is 4.74 Å². The minimum atomic E-state index is 0.228. The van der Waals surface area contributed by atoms with Crippen molar-refractivity contribution in [1.82, 2.24) is 20.4 Å². The van der Waals surface area contributed by atoms with Crippen molar-refractivity contribution in [3.8, 4) is 28.3 Å². The molecule has 5 nitrogen and oxygen atoms in total. The summed E-state index contributed by atoms with van der Waals surface area (Å²) >= 11 is 17.3. The Morgan fingerprint density at radius 1 is 0.621 bits per heavy atom. The van der Waals surface area contributed by atoms with Gasteiger partial charge in [-0.1, -0.05) is 95.5 Å². The van der Waals surface area contributed by atoms with Crippen molar-refractivity contribution < 1.29 is 4.74 Å². The highest BCUT2D eigenvalue weighted by atomic mass is 35.5. The Morgan fingerprint density at radius 3 is 1.59 bits per heavy atom. The standard InChI is InChI=1S/C11H9ClN2O.C10H6Cl2N2/c1-15-10-7-9(13-14-11(10)12)8-5-3-2-4-6-8;11-8-6-9(13-14-10(8)12)7-4-2-1-3-5-7/h2-7H,1H3;1-6H. The molecule has 0 radical (unpaired) electrons. The van der Waals surface area contributed by atoms with Crippen LogP contribution in [0.3, 0.4) is 0 Å². The number of hydrogen-bond donors (Lipinski definition) is 0. The van der Waals surface area contributed by atoms with Crippen LogP contribution in [0.1, 0.15) is 0 Å². The van der Waals surface area contributed by atoms with E-state index in [-0.39, 0.29) is 10.3 Å². The first-order valence-electron chi connectivity index (χ1n) is 8.45. The predicted octanol–water partition coefficient (Wildman–Crippen LogP) is 6.26. The number of halogens is 3. The molecule has 0 N–H and O–H groups in total. The van der Waals surface area contributed by atoms with Crippen LogP contribution in [0.15, 0.2) is 72.8 Å². The van der Waals surface area contributed by atoms with Crippen molar-refractivity contribution in [2.45, 2.75) is 0 Å². The first-order valence-corrected chi connectivity index (χ1v) is 9.58. The zero-order chi connectivity index (χ0) is 20.6. The Hall–Kier alpha value is -2.73. The van der Waals surface area contributed by atoms with Crippen LogP contribution in [-0.4, -0.2) is 27.5 Å². The molecule has 2 heterocycles. The summed E-state index contributed by atoms with van der Waals surface area (Å²) in [6, 6.07) is 22.9. The van der Waals surface area contributed by atoms with E-state index in [0.29, 0.717) is 10.8 Å². The third-order valence-corrected chi connectivity index (χ3v) is 4.71. The van der Waals surface area contributed by atoms with Gasteiger partial charge in [-0.3, -0.25) is 0 Å². The lowest BCUT2D eigenvalue weighted by atomic mass is 10.1. The molecule has 0 amide bonds. The number of benzene rings is 2. The minimum absolute atomic E-state index is 0.228. The second-order valence-corrected chi connectivity index (χ2v) is 6.81. The van der Waals surface area contributed by atoms with E-state index in [2.05, 4.69) is 20.4 Å². The second kappa shape index (κ2) is 10.2. The van der Waals surface area contributed by atoms with Crippen LogP contribution in [0, 0.1) is 0 Å². The third-order valence-electron chi connectivity index (χ3n) is 3.78. The number of hydrogen-bond acceptors (Lipinski definition) is 5. The Balaban J connectivity index is 0.000000166. The van der Waals surface area contributed by atoms with Gasteiger partial charge in [-0.15, -0.1) is 20.4 Å². The lowest BCUT2D eigenvalue weighted by molar-refractivity contribution is 0.412. The largest absolute Gasteiger partial charge is 0.493 e. The monoisotopic (exact) mass is 444 g/mol. The maximum Gasteiger partial charge on any atom is 0.193 e. The van der Waals surface area contributed by atoms with Crippen molar-refractivity contribution in [2.24, 2.45) is 0 Å². The molecule has 146 valence electrons. The molecule has 0 aliphatic carbocycles. The van der Waals surface area contributed by atoms with Gasteiger partial charge in [-0.2, -0.15) is 0 Å². The Kier molecular flexibility index (Phi) is 7.36. The normalized spacial score (nSPS) is 10.1. The van der Waals surface area contributed by atoms with Crippen LogP contribution >= 0.6 is 34.8 Å². The van der Waals surface area contributed by atoms with Gasteiger partial charge in [0, 0.05) is 17.2 Å². The summed E-state index contributed by atoms with van der Waals surface area (Å²) in [5.74, 6) is 0.533. The molecule has 0 saturated carbocycles. The second-order valence-electron chi connectivity index (χ2n) is 5.69. The number of rotatable bonds is 3. The SMILES string of the molecule is COc1cc(-c2ccccc2)nnc1Cl.Clc1cc(-c2ccccc2)nnc1Cl. The lowest BCUT2D eigenvalue weighted by Crippen LogP contribution is -1.92. The van der Waals surface area contributed by atoms with Gasteiger partial charge >= 0.3 is 0 Å². The van der Waals surface area contributed by atoms with Gasteiger partial charge in [0.05, 0.1) is 23.5 Å². The van der Waals surface area contributed by atoms with Crippen molar-refractivity contribution in [2.75, 3.05) is 7.11 Å². The smallest absolute Gasteiger partial charge is 0.193 e. The summed E-state index contributed by atoms with van der Waals surface area (Å²) in [6.07, 6.45) is 0. The lowest BCUT2D eigenvalue weighted by Gasteiger charge is -2.04. The maximum absolute atomic E-state index is 5.83. The molecule has 0 atom stereocenters.